The van der Waals surface area contributed by atoms with Crippen molar-refractivity contribution in [2.24, 2.45) is 28.8 Å². The Bertz CT molecular complexity index is 1700. The second-order valence-corrected chi connectivity index (χ2v) is 16.7. The fourth-order valence-electron chi connectivity index (χ4n) is 8.93. The zero-order valence-corrected chi connectivity index (χ0v) is 33.2. The number of allylic oxidation sites excluding steroid dienone is 1. The minimum atomic E-state index is -1.28. The largest absolute Gasteiger partial charge is 0.489 e. The van der Waals surface area contributed by atoms with Crippen molar-refractivity contribution in [1.82, 2.24) is 4.90 Å². The second kappa shape index (κ2) is 18.0. The second-order valence-electron chi connectivity index (χ2n) is 16.7. The summed E-state index contributed by atoms with van der Waals surface area (Å²) in [5, 5.41) is 24.6. The van der Waals surface area contributed by atoms with Crippen molar-refractivity contribution in [3.05, 3.63) is 83.7 Å². The topological polar surface area (TPSA) is 110 Å². The number of carbonyl (C=O) groups excluding carboxylic acids is 1. The minimum absolute atomic E-state index is 0.0134. The van der Waals surface area contributed by atoms with Gasteiger partial charge in [0.1, 0.15) is 35.6 Å². The molecule has 2 aromatic rings. The number of carbonyl (C=O) groups is 1. The monoisotopic (exact) mass is 760 g/mol. The third-order valence-corrected chi connectivity index (χ3v) is 11.5. The molecule has 1 aliphatic heterocycles. The van der Waals surface area contributed by atoms with E-state index in [1.54, 1.807) is 24.3 Å². The molecule has 1 heterocycles. The Morgan fingerprint density at radius 2 is 1.84 bits per heavy atom. The molecule has 9 nitrogen and oxygen atoms in total. The Kier molecular flexibility index (Phi) is 13.4. The number of aliphatic hydroxyl groups is 2. The van der Waals surface area contributed by atoms with Crippen molar-refractivity contribution in [2.75, 3.05) is 26.4 Å². The van der Waals surface area contributed by atoms with E-state index in [9.17, 15) is 19.4 Å². The van der Waals surface area contributed by atoms with Crippen LogP contribution in [0.2, 0.25) is 0 Å². The highest BCUT2D eigenvalue weighted by Gasteiger charge is 2.65. The van der Waals surface area contributed by atoms with Gasteiger partial charge in [0.2, 0.25) is 11.7 Å². The number of ether oxygens (including phenoxy) is 3. The van der Waals surface area contributed by atoms with Crippen molar-refractivity contribution < 1.29 is 38.4 Å². The molecule has 0 aromatic heterocycles. The number of rotatable bonds is 19. The van der Waals surface area contributed by atoms with Crippen LogP contribution in [0.1, 0.15) is 109 Å². The standard InChI is InChI=1S/C45H61FN2O7/c1-6-22-48(43(51)30-18-19-30)40-28-38(47-55-44(3,4)5)35-26-31(14-10-12-23-49)34(16-11-13-24-50)41-36-27-33(52-29-32-15-8-9-17-37(32)46)20-21-39(36)54-45(40,42(35)41)53-25-7-2/h7-9,15,17,20-21,26-27,30-31,34,40-42,49-50H,2,6,10-14,16,18-19,22-25,28-29H2,1,3-5H3/t31-,34+,40-,41+,42+,45+/m0/s1. The number of unbranched alkanes of at least 4 members (excludes halogenated alkanes) is 2. The zero-order valence-electron chi connectivity index (χ0n) is 33.2. The number of oxime groups is 1. The number of fused-ring (bicyclic) bond motifs is 2. The maximum absolute atomic E-state index is 14.7. The summed E-state index contributed by atoms with van der Waals surface area (Å²) in [6.45, 7) is 13.1. The summed E-state index contributed by atoms with van der Waals surface area (Å²) in [6.07, 6.45) is 11.7. The van der Waals surface area contributed by atoms with E-state index < -0.39 is 17.4 Å². The van der Waals surface area contributed by atoms with E-state index in [0.29, 0.717) is 42.9 Å². The van der Waals surface area contributed by atoms with Gasteiger partial charge in [0, 0.05) is 49.1 Å². The summed E-state index contributed by atoms with van der Waals surface area (Å²) in [5.41, 5.74) is 2.67. The molecule has 0 radical (unpaired) electrons. The van der Waals surface area contributed by atoms with E-state index in [1.165, 1.54) is 6.07 Å². The van der Waals surface area contributed by atoms with Gasteiger partial charge in [0.05, 0.1) is 18.2 Å². The summed E-state index contributed by atoms with van der Waals surface area (Å²) in [5.74, 6) is -0.566. The number of nitrogens with zero attached hydrogens (tertiary/aromatic N) is 2. The zero-order chi connectivity index (χ0) is 39.2. The molecule has 300 valence electrons. The van der Waals surface area contributed by atoms with Gasteiger partial charge in [-0.2, -0.15) is 0 Å². The molecule has 2 aromatic carbocycles. The van der Waals surface area contributed by atoms with Gasteiger partial charge in [-0.1, -0.05) is 55.3 Å². The van der Waals surface area contributed by atoms with Crippen molar-refractivity contribution in [3.8, 4) is 11.5 Å². The minimum Gasteiger partial charge on any atom is -0.489 e. The lowest BCUT2D eigenvalue weighted by molar-refractivity contribution is -0.257. The Hall–Kier alpha value is -3.73. The molecule has 6 atom stereocenters. The first kappa shape index (κ1) is 40.9. The van der Waals surface area contributed by atoms with Gasteiger partial charge in [-0.3, -0.25) is 4.79 Å². The molecular formula is C45H61FN2O7. The van der Waals surface area contributed by atoms with Gasteiger partial charge in [-0.15, -0.1) is 6.58 Å². The van der Waals surface area contributed by atoms with Crippen molar-refractivity contribution in [2.45, 2.75) is 122 Å². The van der Waals surface area contributed by atoms with Crippen LogP contribution in [-0.2, 0) is 21.0 Å². The highest BCUT2D eigenvalue weighted by Crippen LogP contribution is 2.62. The van der Waals surface area contributed by atoms with Gasteiger partial charge in [0.25, 0.3) is 0 Å². The van der Waals surface area contributed by atoms with Gasteiger partial charge in [-0.05, 0) is 107 Å². The van der Waals surface area contributed by atoms with Crippen LogP contribution >= 0.6 is 0 Å². The van der Waals surface area contributed by atoms with E-state index in [4.69, 9.17) is 24.2 Å². The van der Waals surface area contributed by atoms with Crippen LogP contribution in [0.4, 0.5) is 4.39 Å². The first-order chi connectivity index (χ1) is 26.5. The molecule has 6 rings (SSSR count). The fraction of sp³-hybridized carbons (Fsp3) is 0.600. The lowest BCUT2D eigenvalue weighted by Crippen LogP contribution is -2.70. The lowest BCUT2D eigenvalue weighted by atomic mass is 9.55. The molecule has 0 spiro atoms. The van der Waals surface area contributed by atoms with Crippen LogP contribution in [0.15, 0.2) is 71.9 Å². The number of aliphatic hydroxyl groups excluding tert-OH is 2. The van der Waals surface area contributed by atoms with Crippen LogP contribution in [0, 0.1) is 29.5 Å². The van der Waals surface area contributed by atoms with Gasteiger partial charge < -0.3 is 34.2 Å². The Balaban J connectivity index is 1.57. The van der Waals surface area contributed by atoms with Gasteiger partial charge >= 0.3 is 0 Å². The maximum atomic E-state index is 14.7. The Morgan fingerprint density at radius 3 is 2.51 bits per heavy atom. The number of hydrogen-bond acceptors (Lipinski definition) is 8. The summed E-state index contributed by atoms with van der Waals surface area (Å²) in [6, 6.07) is 11.9. The van der Waals surface area contributed by atoms with Crippen molar-refractivity contribution >= 4 is 11.6 Å². The average molecular weight is 761 g/mol. The van der Waals surface area contributed by atoms with Crippen LogP contribution in [0.5, 0.6) is 11.5 Å². The van der Waals surface area contributed by atoms with E-state index >= 15 is 0 Å². The van der Waals surface area contributed by atoms with Crippen LogP contribution in [0.3, 0.4) is 0 Å². The Morgan fingerprint density at radius 1 is 1.09 bits per heavy atom. The molecule has 0 unspecified atom stereocenters. The first-order valence-corrected chi connectivity index (χ1v) is 20.5. The smallest absolute Gasteiger partial charge is 0.239 e. The summed E-state index contributed by atoms with van der Waals surface area (Å²) < 4.78 is 35.3. The van der Waals surface area contributed by atoms with Crippen LogP contribution in [-0.4, -0.2) is 70.5 Å². The third kappa shape index (κ3) is 9.13. The van der Waals surface area contributed by atoms with E-state index in [0.717, 1.165) is 61.8 Å². The third-order valence-electron chi connectivity index (χ3n) is 11.5. The molecule has 4 aliphatic rings. The first-order valence-electron chi connectivity index (χ1n) is 20.5. The van der Waals surface area contributed by atoms with E-state index in [-0.39, 0.29) is 67.7 Å². The van der Waals surface area contributed by atoms with Crippen LogP contribution in [0.25, 0.3) is 0 Å². The average Bonchev–Trinajstić information content (AvgIpc) is 4.02. The lowest BCUT2D eigenvalue weighted by Gasteiger charge is -2.60. The number of benzene rings is 2. The highest BCUT2D eigenvalue weighted by molar-refractivity contribution is 6.03. The quantitative estimate of drug-likeness (QED) is 0.0840. The SMILES string of the molecule is C=CCO[C@@]12Oc3ccc(OCc4ccccc4F)cc3[C@H]3[C@H](CCCCO)[C@@H](CCCCO)C=C(C(=NOC(C)(C)C)C[C@@H]1N(CCC)C(=O)C1CC1)[C@H]32. The number of hydrogen-bond donors (Lipinski definition) is 2. The predicted molar refractivity (Wildman–Crippen MR) is 211 cm³/mol. The molecule has 10 heteroatoms. The molecule has 3 aliphatic carbocycles. The molecule has 2 fully saturated rings. The van der Waals surface area contributed by atoms with Crippen molar-refractivity contribution in [3.63, 3.8) is 0 Å². The summed E-state index contributed by atoms with van der Waals surface area (Å²) in [4.78, 5) is 22.5. The maximum Gasteiger partial charge on any atom is 0.239 e. The highest BCUT2D eigenvalue weighted by atomic mass is 19.1. The van der Waals surface area contributed by atoms with Gasteiger partial charge in [-0.25, -0.2) is 4.39 Å². The number of halogens is 1. The molecular weight excluding hydrogens is 699 g/mol. The predicted octanol–water partition coefficient (Wildman–Crippen LogP) is 8.49. The molecule has 2 saturated carbocycles. The molecule has 1 amide bonds. The normalized spacial score (nSPS) is 26.3. The van der Waals surface area contributed by atoms with Gasteiger partial charge in [0.15, 0.2) is 0 Å². The van der Waals surface area contributed by atoms with E-state index in [1.807, 2.05) is 43.9 Å². The molecule has 55 heavy (non-hydrogen) atoms. The molecule has 0 saturated heterocycles. The summed E-state index contributed by atoms with van der Waals surface area (Å²) >= 11 is 0. The van der Waals surface area contributed by atoms with Crippen LogP contribution < -0.4 is 9.47 Å². The van der Waals surface area contributed by atoms with Crippen molar-refractivity contribution in [1.29, 1.82) is 0 Å². The molecule has 2 N–H and O–H groups in total. The number of amides is 1. The Labute approximate surface area is 326 Å². The molecule has 0 bridgehead atoms. The fourth-order valence-corrected chi connectivity index (χ4v) is 8.93. The van der Waals surface area contributed by atoms with E-state index in [2.05, 4.69) is 19.6 Å². The summed E-state index contributed by atoms with van der Waals surface area (Å²) in [7, 11) is 0.